The summed E-state index contributed by atoms with van der Waals surface area (Å²) in [5, 5.41) is 12.2. The van der Waals surface area contributed by atoms with Crippen molar-refractivity contribution < 1.29 is 5.11 Å². The maximum atomic E-state index is 9.99. The van der Waals surface area contributed by atoms with E-state index in [0.29, 0.717) is 23.8 Å². The molecule has 0 spiro atoms. The number of piperidine rings is 3. The highest BCUT2D eigenvalue weighted by Gasteiger charge is 2.53. The van der Waals surface area contributed by atoms with Crippen LogP contribution in [0, 0.1) is 12.8 Å². The molecule has 4 saturated heterocycles. The number of phenolic OH excluding ortho intramolecular Hbond substituents is 1. The molecule has 6 rings (SSSR count). The number of likely N-dealkylation sites (tertiary alicyclic amines) is 1. The van der Waals surface area contributed by atoms with Crippen LogP contribution in [0.3, 0.4) is 0 Å². The van der Waals surface area contributed by atoms with Crippen molar-refractivity contribution in [2.24, 2.45) is 5.92 Å². The van der Waals surface area contributed by atoms with Crippen molar-refractivity contribution in [3.05, 3.63) is 51.7 Å². The van der Waals surface area contributed by atoms with Crippen LogP contribution in [0.1, 0.15) is 34.8 Å². The molecule has 0 unspecified atom stereocenters. The molecule has 5 heterocycles. The van der Waals surface area contributed by atoms with Gasteiger partial charge in [0.1, 0.15) is 5.75 Å². The molecule has 3 nitrogen and oxygen atoms in total. The average molecular weight is 355 g/mol. The Bertz CT molecular complexity index is 765. The summed E-state index contributed by atoms with van der Waals surface area (Å²) in [7, 11) is 0. The molecular formula is C21H26N2OS. The normalized spacial score (nSPS) is 34.4. The minimum Gasteiger partial charge on any atom is -0.508 e. The Morgan fingerprint density at radius 1 is 1.16 bits per heavy atom. The Kier molecular flexibility index (Phi) is 3.88. The zero-order chi connectivity index (χ0) is 17.0. The lowest BCUT2D eigenvalue weighted by atomic mass is 9.75. The monoisotopic (exact) mass is 354 g/mol. The van der Waals surface area contributed by atoms with Crippen LogP contribution < -0.4 is 0 Å². The van der Waals surface area contributed by atoms with Crippen molar-refractivity contribution in [1.29, 1.82) is 0 Å². The highest BCUT2D eigenvalue weighted by atomic mass is 32.1. The summed E-state index contributed by atoms with van der Waals surface area (Å²) in [6, 6.07) is 11.5. The zero-order valence-corrected chi connectivity index (χ0v) is 15.6. The molecule has 4 heteroatoms. The molecule has 1 aromatic carbocycles. The third kappa shape index (κ3) is 2.62. The van der Waals surface area contributed by atoms with Gasteiger partial charge in [0.05, 0.1) is 0 Å². The van der Waals surface area contributed by atoms with Gasteiger partial charge >= 0.3 is 0 Å². The third-order valence-electron chi connectivity index (χ3n) is 6.71. The number of hydrogen-bond acceptors (Lipinski definition) is 4. The Morgan fingerprint density at radius 3 is 2.72 bits per heavy atom. The first-order valence-electron chi connectivity index (χ1n) is 9.51. The molecule has 0 radical (unpaired) electrons. The van der Waals surface area contributed by atoms with Gasteiger partial charge < -0.3 is 5.11 Å². The van der Waals surface area contributed by atoms with Gasteiger partial charge in [-0.2, -0.15) is 0 Å². The van der Waals surface area contributed by atoms with Crippen molar-refractivity contribution in [3.8, 4) is 5.75 Å². The van der Waals surface area contributed by atoms with Crippen LogP contribution in [0.15, 0.2) is 35.7 Å². The molecular weight excluding hydrogens is 328 g/mol. The standard InChI is InChI=1S/C21H26N2OS/c1-14-7-10-25-19(14)13-23-12-18(16-3-2-4-17(24)11-16)21-20(23)15-5-8-22(21)9-6-15/h2-4,7,10-11,15,18,20-21,24H,5-6,8-9,12-13H2,1H3/t18-,20+,21+/m0/s1. The van der Waals surface area contributed by atoms with Gasteiger partial charge in [-0.15, -0.1) is 11.3 Å². The van der Waals surface area contributed by atoms with E-state index in [4.69, 9.17) is 0 Å². The van der Waals surface area contributed by atoms with Crippen LogP contribution in [0.25, 0.3) is 0 Å². The molecule has 1 N–H and O–H groups in total. The van der Waals surface area contributed by atoms with Crippen LogP contribution >= 0.6 is 11.3 Å². The summed E-state index contributed by atoms with van der Waals surface area (Å²) in [6.45, 7) is 6.95. The maximum Gasteiger partial charge on any atom is 0.115 e. The second-order valence-electron chi connectivity index (χ2n) is 8.01. The first-order valence-corrected chi connectivity index (χ1v) is 10.4. The van der Waals surface area contributed by atoms with Gasteiger partial charge in [0, 0.05) is 36.0 Å². The first kappa shape index (κ1) is 15.9. The fourth-order valence-corrected chi connectivity index (χ4v) is 6.45. The van der Waals surface area contributed by atoms with Crippen molar-refractivity contribution in [2.45, 2.75) is 44.3 Å². The van der Waals surface area contributed by atoms with E-state index in [2.05, 4.69) is 34.2 Å². The van der Waals surface area contributed by atoms with Gasteiger partial charge in [-0.25, -0.2) is 0 Å². The van der Waals surface area contributed by atoms with Gasteiger partial charge in [-0.1, -0.05) is 12.1 Å². The van der Waals surface area contributed by atoms with Crippen molar-refractivity contribution in [1.82, 2.24) is 9.80 Å². The molecule has 2 aromatic rings. The summed E-state index contributed by atoms with van der Waals surface area (Å²) < 4.78 is 0. The van der Waals surface area contributed by atoms with Crippen LogP contribution in [-0.4, -0.2) is 46.6 Å². The summed E-state index contributed by atoms with van der Waals surface area (Å²) in [6.07, 6.45) is 2.71. The van der Waals surface area contributed by atoms with E-state index in [0.717, 1.165) is 19.0 Å². The lowest BCUT2D eigenvalue weighted by Gasteiger charge is -2.51. The van der Waals surface area contributed by atoms with Crippen LogP contribution in [0.5, 0.6) is 5.75 Å². The van der Waals surface area contributed by atoms with Crippen LogP contribution in [-0.2, 0) is 6.54 Å². The Balaban J connectivity index is 1.50. The first-order chi connectivity index (χ1) is 12.2. The third-order valence-corrected chi connectivity index (χ3v) is 7.71. The second-order valence-corrected chi connectivity index (χ2v) is 9.01. The lowest BCUT2D eigenvalue weighted by molar-refractivity contribution is -0.00849. The minimum atomic E-state index is 0.401. The molecule has 1 aromatic heterocycles. The minimum absolute atomic E-state index is 0.401. The van der Waals surface area contributed by atoms with E-state index in [1.165, 1.54) is 41.9 Å². The quantitative estimate of drug-likeness (QED) is 0.908. The number of benzene rings is 1. The predicted molar refractivity (Wildman–Crippen MR) is 102 cm³/mol. The number of aromatic hydroxyl groups is 1. The second kappa shape index (κ2) is 6.11. The smallest absolute Gasteiger partial charge is 0.115 e. The van der Waals surface area contributed by atoms with E-state index in [1.807, 2.05) is 23.5 Å². The number of phenols is 1. The SMILES string of the molecule is Cc1ccsc1CN1C[C@@H](c2cccc(O)c2)[C@@H]2[C@H]1C1CCN2CC1. The molecule has 4 aliphatic heterocycles. The molecule has 4 fully saturated rings. The van der Waals surface area contributed by atoms with Crippen molar-refractivity contribution in [2.75, 3.05) is 19.6 Å². The highest BCUT2D eigenvalue weighted by molar-refractivity contribution is 7.10. The van der Waals surface area contributed by atoms with Gasteiger partial charge in [-0.05, 0) is 73.5 Å². The van der Waals surface area contributed by atoms with E-state index in [9.17, 15) is 5.11 Å². The van der Waals surface area contributed by atoms with E-state index in [1.54, 1.807) is 6.07 Å². The molecule has 0 aliphatic carbocycles. The molecule has 0 amide bonds. The van der Waals surface area contributed by atoms with E-state index in [-0.39, 0.29) is 0 Å². The van der Waals surface area contributed by atoms with Crippen LogP contribution in [0.4, 0.5) is 0 Å². The van der Waals surface area contributed by atoms with Gasteiger partial charge in [-0.3, -0.25) is 9.80 Å². The van der Waals surface area contributed by atoms with E-state index >= 15 is 0 Å². The largest absolute Gasteiger partial charge is 0.508 e. The van der Waals surface area contributed by atoms with Crippen molar-refractivity contribution >= 4 is 11.3 Å². The predicted octanol–water partition coefficient (Wildman–Crippen LogP) is 3.82. The average Bonchev–Trinajstić information content (AvgIpc) is 3.22. The van der Waals surface area contributed by atoms with Gasteiger partial charge in [0.15, 0.2) is 0 Å². The number of aryl methyl sites for hydroxylation is 1. The number of nitrogens with zero attached hydrogens (tertiary/aromatic N) is 2. The number of fused-ring (bicyclic) bond motifs is 2. The summed E-state index contributed by atoms with van der Waals surface area (Å²) in [4.78, 5) is 7.02. The molecule has 4 aliphatic rings. The molecule has 25 heavy (non-hydrogen) atoms. The van der Waals surface area contributed by atoms with Gasteiger partial charge in [0.25, 0.3) is 0 Å². The van der Waals surface area contributed by atoms with E-state index < -0.39 is 0 Å². The Labute approximate surface area is 153 Å². The summed E-state index contributed by atoms with van der Waals surface area (Å²) in [5.74, 6) is 1.76. The van der Waals surface area contributed by atoms with Crippen LogP contribution in [0.2, 0.25) is 0 Å². The number of rotatable bonds is 3. The molecule has 2 bridgehead atoms. The Hall–Kier alpha value is -1.36. The fourth-order valence-electron chi connectivity index (χ4n) is 5.52. The van der Waals surface area contributed by atoms with Crippen molar-refractivity contribution in [3.63, 3.8) is 0 Å². The Morgan fingerprint density at radius 2 is 2.00 bits per heavy atom. The highest BCUT2D eigenvalue weighted by Crippen LogP contribution is 2.47. The van der Waals surface area contributed by atoms with Gasteiger partial charge in [0.2, 0.25) is 0 Å². The lowest BCUT2D eigenvalue weighted by Crippen LogP contribution is -2.59. The summed E-state index contributed by atoms with van der Waals surface area (Å²) in [5.41, 5.74) is 2.75. The molecule has 0 saturated carbocycles. The molecule has 3 atom stereocenters. The maximum absolute atomic E-state index is 9.99. The zero-order valence-electron chi connectivity index (χ0n) is 14.8. The topological polar surface area (TPSA) is 26.7 Å². The number of thiophene rings is 1. The molecule has 132 valence electrons. The fraction of sp³-hybridized carbons (Fsp3) is 0.524. The summed E-state index contributed by atoms with van der Waals surface area (Å²) >= 11 is 1.90. The number of hydrogen-bond donors (Lipinski definition) is 1.